The standard InChI is InChI=1S/C12H17N3O4S/c1-7(2)15(6-10(17)18)5-9(16)14-12-8(11(13)19)3-4-20-12/h3-4,7H,5-6H2,1-2H3,(H2,13,19)(H,14,16)(H,17,18). The molecule has 0 fully saturated rings. The zero-order chi connectivity index (χ0) is 15.3. The van der Waals surface area contributed by atoms with Crippen LogP contribution in [0.5, 0.6) is 0 Å². The number of thiophene rings is 1. The van der Waals surface area contributed by atoms with Crippen LogP contribution in [0.1, 0.15) is 24.2 Å². The first-order valence-electron chi connectivity index (χ1n) is 5.94. The quantitative estimate of drug-likeness (QED) is 0.681. The number of rotatable bonds is 7. The molecule has 4 N–H and O–H groups in total. The van der Waals surface area contributed by atoms with Crippen molar-refractivity contribution in [1.82, 2.24) is 4.90 Å². The van der Waals surface area contributed by atoms with Gasteiger partial charge in [0.05, 0.1) is 18.7 Å². The molecule has 0 bridgehead atoms. The third-order valence-electron chi connectivity index (χ3n) is 2.60. The van der Waals surface area contributed by atoms with Crippen LogP contribution in [0.2, 0.25) is 0 Å². The number of carboxylic acids is 1. The van der Waals surface area contributed by atoms with Crippen molar-refractivity contribution in [2.24, 2.45) is 5.73 Å². The third-order valence-corrected chi connectivity index (χ3v) is 3.43. The van der Waals surface area contributed by atoms with Gasteiger partial charge in [-0.2, -0.15) is 0 Å². The molecule has 8 heteroatoms. The normalized spacial score (nSPS) is 10.8. The van der Waals surface area contributed by atoms with Gasteiger partial charge < -0.3 is 16.2 Å². The summed E-state index contributed by atoms with van der Waals surface area (Å²) < 4.78 is 0. The van der Waals surface area contributed by atoms with Gasteiger partial charge in [-0.15, -0.1) is 11.3 Å². The molecular formula is C12H17N3O4S. The van der Waals surface area contributed by atoms with Crippen molar-refractivity contribution in [3.63, 3.8) is 0 Å². The number of nitrogens with zero attached hydrogens (tertiary/aromatic N) is 1. The number of aliphatic carboxylic acids is 1. The molecule has 1 aromatic heterocycles. The number of nitrogens with one attached hydrogen (secondary N) is 1. The summed E-state index contributed by atoms with van der Waals surface area (Å²) in [6, 6.07) is 1.44. The van der Waals surface area contributed by atoms with Gasteiger partial charge >= 0.3 is 5.97 Å². The van der Waals surface area contributed by atoms with Crippen molar-refractivity contribution in [1.29, 1.82) is 0 Å². The first-order valence-corrected chi connectivity index (χ1v) is 6.82. The molecule has 0 saturated carbocycles. The summed E-state index contributed by atoms with van der Waals surface area (Å²) in [5.74, 6) is -2.00. The fourth-order valence-electron chi connectivity index (χ4n) is 1.55. The Bertz CT molecular complexity index is 513. The number of hydrogen-bond acceptors (Lipinski definition) is 5. The fraction of sp³-hybridized carbons (Fsp3) is 0.417. The highest BCUT2D eigenvalue weighted by Crippen LogP contribution is 2.22. The lowest BCUT2D eigenvalue weighted by Gasteiger charge is -2.23. The summed E-state index contributed by atoms with van der Waals surface area (Å²) in [5.41, 5.74) is 5.43. The first-order chi connectivity index (χ1) is 9.31. The minimum atomic E-state index is -1.000. The summed E-state index contributed by atoms with van der Waals surface area (Å²) in [6.07, 6.45) is 0. The van der Waals surface area contributed by atoms with E-state index >= 15 is 0 Å². The molecule has 0 aliphatic heterocycles. The van der Waals surface area contributed by atoms with Crippen LogP contribution in [0, 0.1) is 0 Å². The lowest BCUT2D eigenvalue weighted by atomic mass is 10.3. The Hall–Kier alpha value is -1.93. The van der Waals surface area contributed by atoms with Gasteiger partial charge in [-0.25, -0.2) is 0 Å². The second-order valence-corrected chi connectivity index (χ2v) is 5.38. The Kier molecular flexibility index (Phi) is 5.66. The van der Waals surface area contributed by atoms with E-state index in [2.05, 4.69) is 5.32 Å². The Morgan fingerprint density at radius 3 is 2.55 bits per heavy atom. The van der Waals surface area contributed by atoms with Crippen LogP contribution in [-0.2, 0) is 9.59 Å². The van der Waals surface area contributed by atoms with Gasteiger partial charge in [0.25, 0.3) is 5.91 Å². The van der Waals surface area contributed by atoms with Crippen molar-refractivity contribution in [2.45, 2.75) is 19.9 Å². The number of nitrogens with two attached hydrogens (primary N) is 1. The molecule has 0 radical (unpaired) electrons. The molecule has 1 heterocycles. The number of anilines is 1. The van der Waals surface area contributed by atoms with Crippen molar-refractivity contribution in [3.05, 3.63) is 17.0 Å². The van der Waals surface area contributed by atoms with Crippen LogP contribution in [0.15, 0.2) is 11.4 Å². The molecule has 0 saturated heterocycles. The van der Waals surface area contributed by atoms with E-state index in [1.807, 2.05) is 0 Å². The second-order valence-electron chi connectivity index (χ2n) is 4.47. The van der Waals surface area contributed by atoms with Gasteiger partial charge in [-0.05, 0) is 25.3 Å². The van der Waals surface area contributed by atoms with Crippen molar-refractivity contribution >= 4 is 34.1 Å². The van der Waals surface area contributed by atoms with E-state index in [9.17, 15) is 14.4 Å². The van der Waals surface area contributed by atoms with Crippen molar-refractivity contribution in [3.8, 4) is 0 Å². The van der Waals surface area contributed by atoms with E-state index < -0.39 is 11.9 Å². The zero-order valence-electron chi connectivity index (χ0n) is 11.3. The molecule has 1 aromatic rings. The molecule has 0 spiro atoms. The molecule has 0 aliphatic rings. The predicted octanol–water partition coefficient (Wildman–Crippen LogP) is 0.581. The molecule has 0 aliphatic carbocycles. The Balaban J connectivity index is 2.68. The van der Waals surface area contributed by atoms with Gasteiger partial charge in [0.1, 0.15) is 5.00 Å². The highest BCUT2D eigenvalue weighted by atomic mass is 32.1. The highest BCUT2D eigenvalue weighted by molar-refractivity contribution is 7.14. The Morgan fingerprint density at radius 1 is 1.40 bits per heavy atom. The first kappa shape index (κ1) is 16.1. The summed E-state index contributed by atoms with van der Waals surface area (Å²) in [7, 11) is 0. The molecule has 0 atom stereocenters. The number of carbonyl (C=O) groups excluding carboxylic acids is 2. The maximum atomic E-state index is 11.9. The fourth-order valence-corrected chi connectivity index (χ4v) is 2.35. The number of carbonyl (C=O) groups is 3. The third kappa shape index (κ3) is 4.63. The SMILES string of the molecule is CC(C)N(CC(=O)O)CC(=O)Nc1sccc1C(N)=O. The summed E-state index contributed by atoms with van der Waals surface area (Å²) in [4.78, 5) is 35.3. The van der Waals surface area contributed by atoms with Crippen LogP contribution in [-0.4, -0.2) is 46.9 Å². The number of hydrogen-bond donors (Lipinski definition) is 3. The van der Waals surface area contributed by atoms with E-state index in [4.69, 9.17) is 10.8 Å². The van der Waals surface area contributed by atoms with Crippen LogP contribution < -0.4 is 11.1 Å². The van der Waals surface area contributed by atoms with Gasteiger partial charge in [-0.1, -0.05) is 0 Å². The molecular weight excluding hydrogens is 282 g/mol. The summed E-state index contributed by atoms with van der Waals surface area (Å²) in [5, 5.41) is 13.4. The monoisotopic (exact) mass is 299 g/mol. The molecule has 0 aromatic carbocycles. The maximum Gasteiger partial charge on any atom is 0.317 e. The number of primary amides is 1. The molecule has 7 nitrogen and oxygen atoms in total. The Morgan fingerprint density at radius 2 is 2.05 bits per heavy atom. The zero-order valence-corrected chi connectivity index (χ0v) is 12.1. The largest absolute Gasteiger partial charge is 0.480 e. The lowest BCUT2D eigenvalue weighted by molar-refractivity contribution is -0.139. The number of amides is 2. The van der Waals surface area contributed by atoms with E-state index in [1.165, 1.54) is 22.3 Å². The topological polar surface area (TPSA) is 113 Å². The van der Waals surface area contributed by atoms with E-state index in [0.29, 0.717) is 5.00 Å². The van der Waals surface area contributed by atoms with Crippen molar-refractivity contribution in [2.75, 3.05) is 18.4 Å². The summed E-state index contributed by atoms with van der Waals surface area (Å²) >= 11 is 1.19. The molecule has 20 heavy (non-hydrogen) atoms. The average molecular weight is 299 g/mol. The molecule has 0 unspecified atom stereocenters. The number of carboxylic acid groups (broad SMARTS) is 1. The molecule has 110 valence electrons. The van der Waals surface area contributed by atoms with Crippen LogP contribution >= 0.6 is 11.3 Å². The van der Waals surface area contributed by atoms with Crippen LogP contribution in [0.3, 0.4) is 0 Å². The smallest absolute Gasteiger partial charge is 0.317 e. The molecule has 2 amide bonds. The minimum Gasteiger partial charge on any atom is -0.480 e. The van der Waals surface area contributed by atoms with Crippen LogP contribution in [0.25, 0.3) is 0 Å². The minimum absolute atomic E-state index is 0.0694. The van der Waals surface area contributed by atoms with E-state index in [-0.39, 0.29) is 30.6 Å². The lowest BCUT2D eigenvalue weighted by Crippen LogP contribution is -2.41. The van der Waals surface area contributed by atoms with E-state index in [0.717, 1.165) is 0 Å². The van der Waals surface area contributed by atoms with Gasteiger partial charge in [0.2, 0.25) is 5.91 Å². The van der Waals surface area contributed by atoms with E-state index in [1.54, 1.807) is 19.2 Å². The van der Waals surface area contributed by atoms with Crippen LogP contribution in [0.4, 0.5) is 5.00 Å². The average Bonchev–Trinajstić information content (AvgIpc) is 2.75. The predicted molar refractivity (Wildman–Crippen MR) is 75.8 cm³/mol. The molecule has 1 rings (SSSR count). The summed E-state index contributed by atoms with van der Waals surface area (Å²) in [6.45, 7) is 3.31. The van der Waals surface area contributed by atoms with Gasteiger partial charge in [0, 0.05) is 6.04 Å². The Labute approximate surface area is 120 Å². The maximum absolute atomic E-state index is 11.9. The van der Waals surface area contributed by atoms with Crippen molar-refractivity contribution < 1.29 is 19.5 Å². The second kappa shape index (κ2) is 7.01. The highest BCUT2D eigenvalue weighted by Gasteiger charge is 2.18. The van der Waals surface area contributed by atoms with Gasteiger partial charge in [-0.3, -0.25) is 19.3 Å². The van der Waals surface area contributed by atoms with Gasteiger partial charge in [0.15, 0.2) is 0 Å².